The van der Waals surface area contributed by atoms with Gasteiger partial charge in [0.1, 0.15) is 0 Å². The first-order valence-electron chi connectivity index (χ1n) is 6.37. The van der Waals surface area contributed by atoms with Crippen molar-refractivity contribution in [1.82, 2.24) is 0 Å². The van der Waals surface area contributed by atoms with Gasteiger partial charge in [0.05, 0.1) is 6.61 Å². The van der Waals surface area contributed by atoms with Gasteiger partial charge in [-0.15, -0.1) is 0 Å². The molecule has 19 heavy (non-hydrogen) atoms. The summed E-state index contributed by atoms with van der Waals surface area (Å²) in [7, 11) is 0.633. The third-order valence-corrected chi connectivity index (χ3v) is 5.43. The van der Waals surface area contributed by atoms with E-state index in [1.165, 1.54) is 0 Å². The zero-order valence-electron chi connectivity index (χ0n) is 11.9. The summed E-state index contributed by atoms with van der Waals surface area (Å²) in [4.78, 5) is 10.8. The summed E-state index contributed by atoms with van der Waals surface area (Å²) >= 11 is 0. The van der Waals surface area contributed by atoms with E-state index in [2.05, 4.69) is 6.58 Å². The average Bonchev–Trinajstić information content (AvgIpc) is 2.46. The number of rotatable bonds is 12. The predicted octanol–water partition coefficient (Wildman–Crippen LogP) is 1.09. The van der Waals surface area contributed by atoms with Crippen LogP contribution >= 0.6 is 0 Å². The van der Waals surface area contributed by atoms with Gasteiger partial charge in [-0.05, 0) is 25.8 Å². The van der Waals surface area contributed by atoms with Crippen molar-refractivity contribution in [2.75, 3.05) is 34.0 Å². The van der Waals surface area contributed by atoms with Gasteiger partial charge in [0.25, 0.3) is 0 Å². The molecule has 0 aliphatic rings. The third kappa shape index (κ3) is 8.12. The number of nitrogens with two attached hydrogens (primary N) is 1. The van der Waals surface area contributed by atoms with Crippen LogP contribution in [0, 0.1) is 0 Å². The number of ether oxygens (including phenoxy) is 1. The smallest absolute Gasteiger partial charge is 0.463 e. The van der Waals surface area contributed by atoms with E-state index in [9.17, 15) is 4.79 Å². The van der Waals surface area contributed by atoms with E-state index < -0.39 is 14.8 Å². The average molecular weight is 291 g/mol. The van der Waals surface area contributed by atoms with E-state index >= 15 is 0 Å². The Hall–Kier alpha value is -0.733. The SMILES string of the molecule is C=CC(=O)OCCCCO[Si](CCCN)(OC)OC. The monoisotopic (exact) mass is 291 g/mol. The molecular weight excluding hydrogens is 266 g/mol. The van der Waals surface area contributed by atoms with E-state index in [0.29, 0.717) is 25.8 Å². The minimum Gasteiger partial charge on any atom is -0.463 e. The molecule has 112 valence electrons. The maximum Gasteiger partial charge on any atom is 0.500 e. The van der Waals surface area contributed by atoms with Crippen LogP contribution in [0.3, 0.4) is 0 Å². The van der Waals surface area contributed by atoms with Crippen molar-refractivity contribution >= 4 is 14.8 Å². The topological polar surface area (TPSA) is 80.0 Å². The normalized spacial score (nSPS) is 11.3. The Bertz CT molecular complexity index is 259. The number of esters is 1. The second-order valence-corrected chi connectivity index (χ2v) is 6.88. The van der Waals surface area contributed by atoms with Crippen LogP contribution in [-0.4, -0.2) is 48.8 Å². The molecule has 0 aliphatic heterocycles. The molecule has 0 spiro atoms. The first-order valence-corrected chi connectivity index (χ1v) is 8.31. The highest BCUT2D eigenvalue weighted by molar-refractivity contribution is 6.60. The molecule has 0 aromatic heterocycles. The molecule has 7 heteroatoms. The van der Waals surface area contributed by atoms with Gasteiger partial charge < -0.3 is 23.7 Å². The van der Waals surface area contributed by atoms with E-state index in [4.69, 9.17) is 23.7 Å². The van der Waals surface area contributed by atoms with Gasteiger partial charge in [0, 0.05) is 32.9 Å². The molecule has 0 rings (SSSR count). The van der Waals surface area contributed by atoms with Crippen LogP contribution in [0.4, 0.5) is 0 Å². The zero-order valence-corrected chi connectivity index (χ0v) is 12.9. The summed E-state index contributed by atoms with van der Waals surface area (Å²) in [6.07, 6.45) is 3.46. The van der Waals surface area contributed by atoms with E-state index in [1.54, 1.807) is 14.2 Å². The van der Waals surface area contributed by atoms with Crippen LogP contribution < -0.4 is 5.73 Å². The Kier molecular flexibility index (Phi) is 10.7. The molecule has 0 aromatic carbocycles. The largest absolute Gasteiger partial charge is 0.500 e. The second kappa shape index (κ2) is 11.1. The molecule has 0 amide bonds. The molecule has 0 bridgehead atoms. The first kappa shape index (κ1) is 18.3. The lowest BCUT2D eigenvalue weighted by atomic mass is 10.3. The van der Waals surface area contributed by atoms with Crippen LogP contribution in [0.15, 0.2) is 12.7 Å². The van der Waals surface area contributed by atoms with Crippen molar-refractivity contribution in [3.05, 3.63) is 12.7 Å². The quantitative estimate of drug-likeness (QED) is 0.251. The van der Waals surface area contributed by atoms with Crippen molar-refractivity contribution in [2.24, 2.45) is 5.73 Å². The van der Waals surface area contributed by atoms with Crippen LogP contribution in [0.5, 0.6) is 0 Å². The molecule has 0 unspecified atom stereocenters. The fourth-order valence-corrected chi connectivity index (χ4v) is 3.51. The molecule has 0 saturated carbocycles. The summed E-state index contributed by atoms with van der Waals surface area (Å²) in [5, 5.41) is 0. The summed E-state index contributed by atoms with van der Waals surface area (Å²) < 4.78 is 21.4. The van der Waals surface area contributed by atoms with Gasteiger partial charge in [-0.3, -0.25) is 0 Å². The van der Waals surface area contributed by atoms with E-state index in [-0.39, 0.29) is 0 Å². The lowest BCUT2D eigenvalue weighted by Gasteiger charge is -2.26. The van der Waals surface area contributed by atoms with E-state index in [1.807, 2.05) is 0 Å². The fraction of sp³-hybridized carbons (Fsp3) is 0.750. The molecule has 6 nitrogen and oxygen atoms in total. The Labute approximate surface area is 116 Å². The van der Waals surface area contributed by atoms with Crippen LogP contribution in [0.25, 0.3) is 0 Å². The van der Waals surface area contributed by atoms with Crippen molar-refractivity contribution in [3.63, 3.8) is 0 Å². The number of carbonyl (C=O) groups is 1. The van der Waals surface area contributed by atoms with Crippen LogP contribution in [0.2, 0.25) is 6.04 Å². The van der Waals surface area contributed by atoms with Crippen LogP contribution in [-0.2, 0) is 22.8 Å². The number of unbranched alkanes of at least 4 members (excludes halogenated alkanes) is 1. The molecule has 0 saturated heterocycles. The van der Waals surface area contributed by atoms with Crippen molar-refractivity contribution in [1.29, 1.82) is 0 Å². The molecule has 0 aromatic rings. The fourth-order valence-electron chi connectivity index (χ4n) is 1.46. The number of hydrogen-bond acceptors (Lipinski definition) is 6. The molecule has 0 aliphatic carbocycles. The lowest BCUT2D eigenvalue weighted by Crippen LogP contribution is -2.44. The first-order chi connectivity index (χ1) is 9.14. The summed E-state index contributed by atoms with van der Waals surface area (Å²) in [5.74, 6) is -0.402. The Morgan fingerprint density at radius 1 is 1.21 bits per heavy atom. The van der Waals surface area contributed by atoms with Gasteiger partial charge in [0.15, 0.2) is 0 Å². The molecular formula is C12H25NO5Si. The Morgan fingerprint density at radius 2 is 1.84 bits per heavy atom. The van der Waals surface area contributed by atoms with Gasteiger partial charge in [-0.2, -0.15) is 0 Å². The van der Waals surface area contributed by atoms with E-state index in [0.717, 1.165) is 25.3 Å². The Balaban J connectivity index is 3.80. The maximum atomic E-state index is 10.8. The van der Waals surface area contributed by atoms with Crippen molar-refractivity contribution < 1.29 is 22.8 Å². The van der Waals surface area contributed by atoms with Gasteiger partial charge in [-0.1, -0.05) is 6.58 Å². The summed E-state index contributed by atoms with van der Waals surface area (Å²) in [6, 6.07) is 0.710. The van der Waals surface area contributed by atoms with Gasteiger partial charge >= 0.3 is 14.8 Å². The molecule has 0 heterocycles. The molecule has 2 N–H and O–H groups in total. The highest BCUT2D eigenvalue weighted by Gasteiger charge is 2.37. The number of carbonyl (C=O) groups excluding carboxylic acids is 1. The predicted molar refractivity (Wildman–Crippen MR) is 74.6 cm³/mol. The van der Waals surface area contributed by atoms with Crippen LogP contribution in [0.1, 0.15) is 19.3 Å². The standard InChI is InChI=1S/C12H25NO5Si/c1-4-12(14)17-9-5-6-10-18-19(15-2,16-3)11-7-8-13/h4H,1,5-11,13H2,2-3H3. The maximum absolute atomic E-state index is 10.8. The Morgan fingerprint density at radius 3 is 2.37 bits per heavy atom. The molecule has 0 radical (unpaired) electrons. The van der Waals surface area contributed by atoms with Crippen molar-refractivity contribution in [3.8, 4) is 0 Å². The lowest BCUT2D eigenvalue weighted by molar-refractivity contribution is -0.137. The summed E-state index contributed by atoms with van der Waals surface area (Å²) in [6.45, 7) is 4.79. The minimum atomic E-state index is -2.56. The molecule has 0 atom stereocenters. The zero-order chi connectivity index (χ0) is 14.6. The molecule has 0 fully saturated rings. The number of hydrogen-bond donors (Lipinski definition) is 1. The van der Waals surface area contributed by atoms with Gasteiger partial charge in [0.2, 0.25) is 0 Å². The highest BCUT2D eigenvalue weighted by Crippen LogP contribution is 2.16. The van der Waals surface area contributed by atoms with Crippen molar-refractivity contribution in [2.45, 2.75) is 25.3 Å². The van der Waals surface area contributed by atoms with Gasteiger partial charge in [-0.25, -0.2) is 4.79 Å². The summed E-state index contributed by atoms with van der Waals surface area (Å²) in [5.41, 5.74) is 5.48. The third-order valence-electron chi connectivity index (χ3n) is 2.58. The minimum absolute atomic E-state index is 0.367. The highest BCUT2D eigenvalue weighted by atomic mass is 28.4. The second-order valence-electron chi connectivity index (χ2n) is 3.91.